The molecule has 0 aromatic carbocycles. The number of hydrogen-bond acceptors (Lipinski definition) is 9. The molecule has 0 atom stereocenters. The van der Waals surface area contributed by atoms with Gasteiger partial charge in [-0.05, 0) is 55.7 Å². The van der Waals surface area contributed by atoms with Gasteiger partial charge >= 0.3 is 5.97 Å². The molecule has 0 spiro atoms. The first-order chi connectivity index (χ1) is 15.6. The van der Waals surface area contributed by atoms with E-state index in [4.69, 9.17) is 9.15 Å². The lowest BCUT2D eigenvalue weighted by Gasteiger charge is -2.19. The molecule has 1 aliphatic rings. The van der Waals surface area contributed by atoms with Crippen LogP contribution in [0.25, 0.3) is 10.8 Å². The van der Waals surface area contributed by atoms with E-state index in [9.17, 15) is 9.59 Å². The van der Waals surface area contributed by atoms with Gasteiger partial charge in [0.25, 0.3) is 5.89 Å². The van der Waals surface area contributed by atoms with Gasteiger partial charge in [0.15, 0.2) is 0 Å². The summed E-state index contributed by atoms with van der Waals surface area (Å²) in [4.78, 5) is 29.4. The normalized spacial score (nSPS) is 13.2. The number of thiophene rings is 2. The van der Waals surface area contributed by atoms with Crippen molar-refractivity contribution >= 4 is 39.6 Å². The smallest absolute Gasteiger partial charge is 0.341 e. The third-order valence-electron chi connectivity index (χ3n) is 5.28. The topological polar surface area (TPSA) is 97.6 Å². The largest absolute Gasteiger partial charge is 0.465 e. The van der Waals surface area contributed by atoms with Gasteiger partial charge in [-0.25, -0.2) is 4.79 Å². The molecule has 10 heteroatoms. The SMILES string of the molecule is CCCN(CC(=O)Nc1sc2c(c1C(=O)OC)CCCC2)Cc1nnc(-c2cccs2)o1. The van der Waals surface area contributed by atoms with Crippen molar-refractivity contribution in [3.8, 4) is 10.8 Å². The molecule has 1 aliphatic carbocycles. The van der Waals surface area contributed by atoms with Crippen LogP contribution in [0.2, 0.25) is 0 Å². The number of rotatable bonds is 9. The fourth-order valence-corrected chi connectivity index (χ4v) is 5.82. The highest BCUT2D eigenvalue weighted by molar-refractivity contribution is 7.17. The lowest BCUT2D eigenvalue weighted by Crippen LogP contribution is -2.33. The molecule has 8 nitrogen and oxygen atoms in total. The Morgan fingerprint density at radius 1 is 1.28 bits per heavy atom. The highest BCUT2D eigenvalue weighted by Gasteiger charge is 2.27. The molecule has 0 saturated heterocycles. The van der Waals surface area contributed by atoms with E-state index in [1.807, 2.05) is 22.4 Å². The number of nitrogens with one attached hydrogen (secondary N) is 1. The summed E-state index contributed by atoms with van der Waals surface area (Å²) in [6, 6.07) is 3.86. The van der Waals surface area contributed by atoms with Gasteiger partial charge in [0.05, 0.1) is 30.6 Å². The van der Waals surface area contributed by atoms with Crippen LogP contribution < -0.4 is 5.32 Å². The molecule has 1 amide bonds. The minimum Gasteiger partial charge on any atom is -0.465 e. The van der Waals surface area contributed by atoms with Crippen molar-refractivity contribution in [1.29, 1.82) is 0 Å². The first-order valence-corrected chi connectivity index (χ1v) is 12.4. The Hall–Kier alpha value is -2.56. The first kappa shape index (κ1) is 22.6. The Balaban J connectivity index is 1.45. The quantitative estimate of drug-likeness (QED) is 0.460. The van der Waals surface area contributed by atoms with Crippen LogP contribution in [0.4, 0.5) is 5.00 Å². The molecule has 3 heterocycles. The third kappa shape index (κ3) is 5.08. The van der Waals surface area contributed by atoms with Gasteiger partial charge in [-0.2, -0.15) is 0 Å². The van der Waals surface area contributed by atoms with E-state index >= 15 is 0 Å². The molecule has 0 unspecified atom stereocenters. The van der Waals surface area contributed by atoms with Gasteiger partial charge in [0, 0.05) is 4.88 Å². The maximum atomic E-state index is 12.9. The van der Waals surface area contributed by atoms with Crippen molar-refractivity contribution in [3.63, 3.8) is 0 Å². The number of anilines is 1. The number of fused-ring (bicyclic) bond motifs is 1. The lowest BCUT2D eigenvalue weighted by molar-refractivity contribution is -0.117. The molecule has 0 fully saturated rings. The number of carbonyl (C=O) groups is 2. The Bertz CT molecular complexity index is 1070. The van der Waals surface area contributed by atoms with E-state index in [-0.39, 0.29) is 12.5 Å². The molecule has 0 bridgehead atoms. The monoisotopic (exact) mass is 474 g/mol. The predicted octanol–water partition coefficient (Wildman–Crippen LogP) is 4.38. The van der Waals surface area contributed by atoms with E-state index < -0.39 is 5.97 Å². The van der Waals surface area contributed by atoms with Crippen molar-refractivity contribution in [1.82, 2.24) is 15.1 Å². The van der Waals surface area contributed by atoms with Crippen LogP contribution >= 0.6 is 22.7 Å². The van der Waals surface area contributed by atoms with Crippen LogP contribution in [-0.2, 0) is 28.9 Å². The van der Waals surface area contributed by atoms with Crippen LogP contribution in [0, 0.1) is 0 Å². The predicted molar refractivity (Wildman–Crippen MR) is 124 cm³/mol. The molecule has 0 saturated carbocycles. The number of hydrogen-bond donors (Lipinski definition) is 1. The summed E-state index contributed by atoms with van der Waals surface area (Å²) in [5, 5.41) is 13.7. The molecule has 4 rings (SSSR count). The van der Waals surface area contributed by atoms with E-state index in [0.717, 1.165) is 42.5 Å². The average Bonchev–Trinajstić information content (AvgIpc) is 3.52. The Morgan fingerprint density at radius 2 is 2.12 bits per heavy atom. The number of aryl methyl sites for hydroxylation is 1. The molecular weight excluding hydrogens is 448 g/mol. The van der Waals surface area contributed by atoms with Gasteiger partial charge in [-0.3, -0.25) is 9.69 Å². The Kier molecular flexibility index (Phi) is 7.33. The van der Waals surface area contributed by atoms with Crippen molar-refractivity contribution in [3.05, 3.63) is 39.4 Å². The fourth-order valence-electron chi connectivity index (χ4n) is 3.88. The number of methoxy groups -OCH3 is 1. The number of esters is 1. The summed E-state index contributed by atoms with van der Waals surface area (Å²) in [6.45, 7) is 3.30. The zero-order valence-corrected chi connectivity index (χ0v) is 19.8. The minimum atomic E-state index is -0.392. The number of carbonyl (C=O) groups excluding carboxylic acids is 2. The van der Waals surface area contributed by atoms with Crippen LogP contribution in [0.15, 0.2) is 21.9 Å². The molecule has 3 aromatic heterocycles. The number of amides is 1. The minimum absolute atomic E-state index is 0.160. The molecular formula is C22H26N4O4S2. The number of aromatic nitrogens is 2. The highest BCUT2D eigenvalue weighted by Crippen LogP contribution is 2.38. The van der Waals surface area contributed by atoms with Crippen molar-refractivity contribution < 1.29 is 18.7 Å². The summed E-state index contributed by atoms with van der Waals surface area (Å²) < 4.78 is 10.8. The van der Waals surface area contributed by atoms with E-state index in [0.29, 0.717) is 35.4 Å². The fraction of sp³-hybridized carbons (Fsp3) is 0.455. The summed E-state index contributed by atoms with van der Waals surface area (Å²) in [5.41, 5.74) is 1.54. The summed E-state index contributed by atoms with van der Waals surface area (Å²) in [5.74, 6) is 0.386. The second kappa shape index (κ2) is 10.4. The van der Waals surface area contributed by atoms with Crippen LogP contribution in [0.1, 0.15) is 52.9 Å². The zero-order chi connectivity index (χ0) is 22.5. The van der Waals surface area contributed by atoms with Crippen LogP contribution in [0.5, 0.6) is 0 Å². The maximum absolute atomic E-state index is 12.9. The first-order valence-electron chi connectivity index (χ1n) is 10.7. The summed E-state index contributed by atoms with van der Waals surface area (Å²) >= 11 is 3.03. The van der Waals surface area contributed by atoms with Crippen LogP contribution in [0.3, 0.4) is 0 Å². The van der Waals surface area contributed by atoms with Crippen molar-refractivity contribution in [2.75, 3.05) is 25.5 Å². The van der Waals surface area contributed by atoms with Crippen molar-refractivity contribution in [2.45, 2.75) is 45.6 Å². The second-order valence-corrected chi connectivity index (χ2v) is 9.70. The van der Waals surface area contributed by atoms with E-state index in [1.165, 1.54) is 34.7 Å². The standard InChI is InChI=1S/C22H26N4O4S2/c1-3-10-26(13-18-24-25-20(30-18)16-9-6-11-31-16)12-17(27)23-21-19(22(28)29-2)14-7-4-5-8-15(14)32-21/h6,9,11H,3-5,7-8,10,12-13H2,1-2H3,(H,23,27). The van der Waals surface area contributed by atoms with Gasteiger partial charge in [-0.1, -0.05) is 13.0 Å². The number of ether oxygens (including phenoxy) is 1. The van der Waals surface area contributed by atoms with Gasteiger partial charge in [0.1, 0.15) is 5.00 Å². The van der Waals surface area contributed by atoms with Crippen molar-refractivity contribution in [2.24, 2.45) is 0 Å². The molecule has 3 aromatic rings. The summed E-state index contributed by atoms with van der Waals surface area (Å²) in [6.07, 6.45) is 4.80. The maximum Gasteiger partial charge on any atom is 0.341 e. The highest BCUT2D eigenvalue weighted by atomic mass is 32.1. The molecule has 0 radical (unpaired) electrons. The van der Waals surface area contributed by atoms with Gasteiger partial charge in [0.2, 0.25) is 11.8 Å². The molecule has 32 heavy (non-hydrogen) atoms. The molecule has 170 valence electrons. The Morgan fingerprint density at radius 3 is 2.88 bits per heavy atom. The van der Waals surface area contributed by atoms with E-state index in [1.54, 1.807) is 0 Å². The van der Waals surface area contributed by atoms with E-state index in [2.05, 4.69) is 22.4 Å². The molecule has 0 aliphatic heterocycles. The lowest BCUT2D eigenvalue weighted by atomic mass is 9.95. The number of nitrogens with zero attached hydrogens (tertiary/aromatic N) is 3. The second-order valence-electron chi connectivity index (χ2n) is 7.64. The third-order valence-corrected chi connectivity index (χ3v) is 7.34. The van der Waals surface area contributed by atoms with Crippen LogP contribution in [-0.4, -0.2) is 47.2 Å². The van der Waals surface area contributed by atoms with Gasteiger partial charge in [-0.15, -0.1) is 32.9 Å². The summed E-state index contributed by atoms with van der Waals surface area (Å²) in [7, 11) is 1.37. The van der Waals surface area contributed by atoms with Gasteiger partial charge < -0.3 is 14.5 Å². The molecule has 1 N–H and O–H groups in total. The zero-order valence-electron chi connectivity index (χ0n) is 18.2. The Labute approximate surface area is 194 Å². The average molecular weight is 475 g/mol.